The summed E-state index contributed by atoms with van der Waals surface area (Å²) in [6, 6.07) is 0. The Morgan fingerprint density at radius 1 is 1.78 bits per heavy atom. The van der Waals surface area contributed by atoms with E-state index in [9.17, 15) is 4.39 Å². The number of aromatic nitrogens is 1. The Hall–Kier alpha value is -0.480. The molecule has 50 valence electrons. The van der Waals surface area contributed by atoms with Gasteiger partial charge in [-0.15, -0.1) is 11.3 Å². The average molecular weight is 146 g/mol. The molecule has 0 aliphatic rings. The number of hydrogen-bond donors (Lipinski definition) is 1. The van der Waals surface area contributed by atoms with Gasteiger partial charge in [0.2, 0.25) is 0 Å². The average Bonchev–Trinajstić information content (AvgIpc) is 2.34. The zero-order chi connectivity index (χ0) is 6.69. The quantitative estimate of drug-likeness (QED) is 0.677. The largest absolute Gasteiger partial charge is 0.326 e. The van der Waals surface area contributed by atoms with Crippen molar-refractivity contribution in [3.8, 4) is 0 Å². The molecule has 0 bridgehead atoms. The summed E-state index contributed by atoms with van der Waals surface area (Å²) >= 11 is 1.32. The molecule has 9 heavy (non-hydrogen) atoms. The maximum absolute atomic E-state index is 11.8. The Morgan fingerprint density at radius 3 is 2.89 bits per heavy atom. The van der Waals surface area contributed by atoms with Crippen molar-refractivity contribution >= 4 is 11.3 Å². The molecule has 0 unspecified atom stereocenters. The van der Waals surface area contributed by atoms with Crippen LogP contribution in [0.1, 0.15) is 9.88 Å². The summed E-state index contributed by atoms with van der Waals surface area (Å²) < 4.78 is 11.8. The second kappa shape index (κ2) is 2.89. The number of hydrogen-bond acceptors (Lipinski definition) is 3. The standard InChI is InChI=1S/C5H7FN2S/c6-1-5-8-3-4(2-7)9-5/h3H,1-2,7H2. The summed E-state index contributed by atoms with van der Waals surface area (Å²) in [4.78, 5) is 4.70. The fraction of sp³-hybridized carbons (Fsp3) is 0.400. The van der Waals surface area contributed by atoms with Crippen LogP contribution in [0.3, 0.4) is 0 Å². The van der Waals surface area contributed by atoms with Crippen LogP contribution in [0.4, 0.5) is 4.39 Å². The molecule has 0 aliphatic carbocycles. The number of rotatable bonds is 2. The smallest absolute Gasteiger partial charge is 0.141 e. The molecule has 0 fully saturated rings. The van der Waals surface area contributed by atoms with Crippen LogP contribution in [0.25, 0.3) is 0 Å². The third kappa shape index (κ3) is 1.46. The molecule has 2 N–H and O–H groups in total. The van der Waals surface area contributed by atoms with Gasteiger partial charge >= 0.3 is 0 Å². The predicted molar refractivity (Wildman–Crippen MR) is 34.8 cm³/mol. The van der Waals surface area contributed by atoms with E-state index in [0.717, 1.165) is 4.88 Å². The summed E-state index contributed by atoms with van der Waals surface area (Å²) in [5, 5.41) is 0.510. The Morgan fingerprint density at radius 2 is 2.56 bits per heavy atom. The van der Waals surface area contributed by atoms with Gasteiger partial charge in [-0.05, 0) is 0 Å². The summed E-state index contributed by atoms with van der Waals surface area (Å²) in [7, 11) is 0. The minimum atomic E-state index is -0.481. The third-order valence-electron chi connectivity index (χ3n) is 0.917. The molecule has 0 spiro atoms. The Bertz CT molecular complexity index is 168. The summed E-state index contributed by atoms with van der Waals surface area (Å²) in [6.07, 6.45) is 1.61. The first-order valence-electron chi connectivity index (χ1n) is 2.56. The molecule has 0 aliphatic heterocycles. The molecule has 1 heterocycles. The van der Waals surface area contributed by atoms with Crippen molar-refractivity contribution < 1.29 is 4.39 Å². The normalized spacial score (nSPS) is 10.0. The van der Waals surface area contributed by atoms with E-state index < -0.39 is 6.67 Å². The molecule has 0 saturated heterocycles. The van der Waals surface area contributed by atoms with E-state index in [-0.39, 0.29) is 0 Å². The summed E-state index contributed by atoms with van der Waals surface area (Å²) in [5.41, 5.74) is 5.27. The fourth-order valence-corrected chi connectivity index (χ4v) is 1.16. The molecule has 1 rings (SSSR count). The van der Waals surface area contributed by atoms with Crippen LogP contribution in [-0.4, -0.2) is 4.98 Å². The van der Waals surface area contributed by atoms with Gasteiger partial charge in [0.1, 0.15) is 11.7 Å². The molecular formula is C5H7FN2S. The van der Waals surface area contributed by atoms with Gasteiger partial charge in [0.25, 0.3) is 0 Å². The van der Waals surface area contributed by atoms with E-state index in [4.69, 9.17) is 5.73 Å². The SMILES string of the molecule is NCc1cnc(CF)s1. The highest BCUT2D eigenvalue weighted by atomic mass is 32.1. The summed E-state index contributed by atoms with van der Waals surface area (Å²) in [6.45, 7) is -0.0255. The highest BCUT2D eigenvalue weighted by molar-refractivity contribution is 7.11. The van der Waals surface area contributed by atoms with Gasteiger partial charge in [0.05, 0.1) is 0 Å². The van der Waals surface area contributed by atoms with Crippen LogP contribution >= 0.6 is 11.3 Å². The van der Waals surface area contributed by atoms with E-state index in [1.807, 2.05) is 0 Å². The topological polar surface area (TPSA) is 38.9 Å². The summed E-state index contributed by atoms with van der Waals surface area (Å²) in [5.74, 6) is 0. The van der Waals surface area contributed by atoms with Crippen LogP contribution in [0.2, 0.25) is 0 Å². The number of halogens is 1. The van der Waals surface area contributed by atoms with Crippen molar-refractivity contribution in [2.45, 2.75) is 13.2 Å². The molecular weight excluding hydrogens is 139 g/mol. The zero-order valence-electron chi connectivity index (χ0n) is 4.80. The van der Waals surface area contributed by atoms with E-state index in [1.165, 1.54) is 11.3 Å². The van der Waals surface area contributed by atoms with E-state index >= 15 is 0 Å². The maximum atomic E-state index is 11.8. The van der Waals surface area contributed by atoms with Gasteiger partial charge in [0, 0.05) is 17.6 Å². The van der Waals surface area contributed by atoms with Crippen LogP contribution in [-0.2, 0) is 13.2 Å². The molecule has 1 aromatic heterocycles. The van der Waals surface area contributed by atoms with E-state index in [2.05, 4.69) is 4.98 Å². The lowest BCUT2D eigenvalue weighted by Crippen LogP contribution is -1.91. The lowest BCUT2D eigenvalue weighted by atomic mass is 10.6. The lowest BCUT2D eigenvalue weighted by molar-refractivity contribution is 0.483. The first-order chi connectivity index (χ1) is 4.36. The molecule has 0 atom stereocenters. The van der Waals surface area contributed by atoms with Crippen molar-refractivity contribution in [3.05, 3.63) is 16.1 Å². The zero-order valence-corrected chi connectivity index (χ0v) is 5.62. The van der Waals surface area contributed by atoms with Crippen LogP contribution in [0.5, 0.6) is 0 Å². The first kappa shape index (κ1) is 6.64. The van der Waals surface area contributed by atoms with Crippen LogP contribution < -0.4 is 5.73 Å². The number of thiazole rings is 1. The van der Waals surface area contributed by atoms with Gasteiger partial charge in [-0.25, -0.2) is 9.37 Å². The third-order valence-corrected chi connectivity index (χ3v) is 1.90. The Kier molecular flexibility index (Phi) is 2.13. The lowest BCUT2D eigenvalue weighted by Gasteiger charge is -1.80. The Balaban J connectivity index is 2.74. The highest BCUT2D eigenvalue weighted by Crippen LogP contribution is 2.12. The monoisotopic (exact) mass is 146 g/mol. The van der Waals surface area contributed by atoms with Gasteiger partial charge in [0.15, 0.2) is 0 Å². The minimum absolute atomic E-state index is 0.456. The van der Waals surface area contributed by atoms with Gasteiger partial charge in [-0.3, -0.25) is 0 Å². The van der Waals surface area contributed by atoms with Crippen LogP contribution in [0.15, 0.2) is 6.20 Å². The predicted octanol–water partition coefficient (Wildman–Crippen LogP) is 1.07. The molecule has 2 nitrogen and oxygen atoms in total. The molecule has 0 radical (unpaired) electrons. The Labute approximate surface area is 56.5 Å². The van der Waals surface area contributed by atoms with Crippen molar-refractivity contribution in [2.24, 2.45) is 5.73 Å². The molecule has 0 amide bonds. The van der Waals surface area contributed by atoms with E-state index in [1.54, 1.807) is 6.20 Å². The minimum Gasteiger partial charge on any atom is -0.326 e. The van der Waals surface area contributed by atoms with Gasteiger partial charge < -0.3 is 5.73 Å². The first-order valence-corrected chi connectivity index (χ1v) is 3.38. The van der Waals surface area contributed by atoms with Gasteiger partial charge in [-0.1, -0.05) is 0 Å². The number of alkyl halides is 1. The number of nitrogens with zero attached hydrogens (tertiary/aromatic N) is 1. The number of nitrogens with two attached hydrogens (primary N) is 1. The van der Waals surface area contributed by atoms with Crippen molar-refractivity contribution in [1.82, 2.24) is 4.98 Å². The molecule has 4 heteroatoms. The van der Waals surface area contributed by atoms with Crippen molar-refractivity contribution in [1.29, 1.82) is 0 Å². The molecule has 1 aromatic rings. The maximum Gasteiger partial charge on any atom is 0.141 e. The molecule has 0 aromatic carbocycles. The molecule has 0 saturated carbocycles. The highest BCUT2D eigenvalue weighted by Gasteiger charge is 1.97. The van der Waals surface area contributed by atoms with Crippen LogP contribution in [0, 0.1) is 0 Å². The fourth-order valence-electron chi connectivity index (χ4n) is 0.504. The van der Waals surface area contributed by atoms with Crippen molar-refractivity contribution in [2.75, 3.05) is 0 Å². The van der Waals surface area contributed by atoms with Crippen molar-refractivity contribution in [3.63, 3.8) is 0 Å². The van der Waals surface area contributed by atoms with Gasteiger partial charge in [-0.2, -0.15) is 0 Å². The second-order valence-electron chi connectivity index (χ2n) is 1.56. The second-order valence-corrected chi connectivity index (χ2v) is 2.76. The van der Waals surface area contributed by atoms with E-state index in [0.29, 0.717) is 11.6 Å².